The fraction of sp³-hybridized carbons (Fsp3) is 0.632. The molecule has 1 fully saturated rings. The molecule has 0 spiro atoms. The van der Waals surface area contributed by atoms with Crippen molar-refractivity contribution in [3.63, 3.8) is 0 Å². The zero-order valence-electron chi connectivity index (χ0n) is 14.9. The van der Waals surface area contributed by atoms with Crippen LogP contribution in [0.5, 0.6) is 0 Å². The molecule has 146 valence electrons. The van der Waals surface area contributed by atoms with Gasteiger partial charge in [0.15, 0.2) is 0 Å². The van der Waals surface area contributed by atoms with Crippen molar-refractivity contribution in [2.45, 2.75) is 57.3 Å². The predicted octanol–water partition coefficient (Wildman–Crippen LogP) is 4.49. The number of amides is 1. The standard InChI is InChI=1S/C19H27F3N2O2/c20-19(21,22)14-24(12-17(23)11-15-7-3-1-4-8-15)18(25)26-13-16-9-5-2-6-10-16/h2,5-6,9-10,15,17H,1,3-4,7-8,11-14,23H2/t17-/m0/s1. The minimum Gasteiger partial charge on any atom is -0.445 e. The van der Waals surface area contributed by atoms with Gasteiger partial charge in [0, 0.05) is 12.6 Å². The van der Waals surface area contributed by atoms with E-state index in [1.807, 2.05) is 6.07 Å². The van der Waals surface area contributed by atoms with Crippen LogP contribution in [-0.4, -0.2) is 36.3 Å². The molecule has 1 aliphatic carbocycles. The van der Waals surface area contributed by atoms with Crippen LogP contribution in [0.3, 0.4) is 0 Å². The molecule has 2 N–H and O–H groups in total. The second kappa shape index (κ2) is 9.80. The molecule has 1 aromatic rings. The zero-order chi connectivity index (χ0) is 19.0. The lowest BCUT2D eigenvalue weighted by Gasteiger charge is -2.29. The van der Waals surface area contributed by atoms with E-state index in [1.165, 1.54) is 6.42 Å². The molecular formula is C19H27F3N2O2. The molecule has 1 amide bonds. The van der Waals surface area contributed by atoms with Crippen molar-refractivity contribution >= 4 is 6.09 Å². The Morgan fingerprint density at radius 1 is 1.19 bits per heavy atom. The number of nitrogens with zero attached hydrogens (tertiary/aromatic N) is 1. The maximum Gasteiger partial charge on any atom is 0.410 e. The van der Waals surface area contributed by atoms with Gasteiger partial charge >= 0.3 is 12.3 Å². The molecule has 26 heavy (non-hydrogen) atoms. The van der Waals surface area contributed by atoms with Gasteiger partial charge in [0.2, 0.25) is 0 Å². The largest absolute Gasteiger partial charge is 0.445 e. The normalized spacial score (nSPS) is 16.9. The Morgan fingerprint density at radius 2 is 1.85 bits per heavy atom. The van der Waals surface area contributed by atoms with E-state index in [0.717, 1.165) is 31.2 Å². The monoisotopic (exact) mass is 372 g/mol. The number of hydrogen-bond acceptors (Lipinski definition) is 3. The summed E-state index contributed by atoms with van der Waals surface area (Å²) >= 11 is 0. The third kappa shape index (κ3) is 7.64. The number of rotatable bonds is 7. The maximum absolute atomic E-state index is 12.8. The lowest BCUT2D eigenvalue weighted by Crippen LogP contribution is -2.46. The Bertz CT molecular complexity index is 545. The zero-order valence-corrected chi connectivity index (χ0v) is 14.9. The third-order valence-corrected chi connectivity index (χ3v) is 4.65. The molecule has 7 heteroatoms. The van der Waals surface area contributed by atoms with Crippen molar-refractivity contribution in [3.8, 4) is 0 Å². The molecule has 0 saturated heterocycles. The molecule has 0 heterocycles. The fourth-order valence-corrected chi connectivity index (χ4v) is 3.44. The van der Waals surface area contributed by atoms with Crippen molar-refractivity contribution < 1.29 is 22.7 Å². The van der Waals surface area contributed by atoms with E-state index in [9.17, 15) is 18.0 Å². The molecule has 0 unspecified atom stereocenters. The average molecular weight is 372 g/mol. The fourth-order valence-electron chi connectivity index (χ4n) is 3.44. The van der Waals surface area contributed by atoms with Gasteiger partial charge in [-0.15, -0.1) is 0 Å². The number of halogens is 3. The van der Waals surface area contributed by atoms with Crippen LogP contribution >= 0.6 is 0 Å². The topological polar surface area (TPSA) is 55.6 Å². The van der Waals surface area contributed by atoms with E-state index in [4.69, 9.17) is 10.5 Å². The molecule has 0 bridgehead atoms. The minimum atomic E-state index is -4.49. The van der Waals surface area contributed by atoms with Gasteiger partial charge in [-0.2, -0.15) is 13.2 Å². The Balaban J connectivity index is 1.89. The molecule has 1 aromatic carbocycles. The average Bonchev–Trinajstić information content (AvgIpc) is 2.59. The summed E-state index contributed by atoms with van der Waals surface area (Å²) in [6.07, 6.45) is 0.779. The Morgan fingerprint density at radius 3 is 2.46 bits per heavy atom. The van der Waals surface area contributed by atoms with Crippen LogP contribution in [0.4, 0.5) is 18.0 Å². The van der Waals surface area contributed by atoms with Crippen LogP contribution in [0.2, 0.25) is 0 Å². The molecular weight excluding hydrogens is 345 g/mol. The maximum atomic E-state index is 12.8. The molecule has 1 aliphatic rings. The first-order chi connectivity index (χ1) is 12.3. The van der Waals surface area contributed by atoms with E-state index >= 15 is 0 Å². The highest BCUT2D eigenvalue weighted by atomic mass is 19.4. The molecule has 0 radical (unpaired) electrons. The lowest BCUT2D eigenvalue weighted by molar-refractivity contribution is -0.143. The van der Waals surface area contributed by atoms with Crippen molar-refractivity contribution in [2.24, 2.45) is 11.7 Å². The van der Waals surface area contributed by atoms with E-state index in [2.05, 4.69) is 0 Å². The van der Waals surface area contributed by atoms with Crippen LogP contribution in [0.25, 0.3) is 0 Å². The Labute approximate surface area is 152 Å². The van der Waals surface area contributed by atoms with Crippen molar-refractivity contribution in [3.05, 3.63) is 35.9 Å². The van der Waals surface area contributed by atoms with Gasteiger partial charge < -0.3 is 10.5 Å². The highest BCUT2D eigenvalue weighted by Gasteiger charge is 2.34. The highest BCUT2D eigenvalue weighted by Crippen LogP contribution is 2.27. The molecule has 2 rings (SSSR count). The Kier molecular flexibility index (Phi) is 7.75. The predicted molar refractivity (Wildman–Crippen MR) is 93.4 cm³/mol. The van der Waals surface area contributed by atoms with Crippen molar-refractivity contribution in [2.75, 3.05) is 13.1 Å². The van der Waals surface area contributed by atoms with Crippen molar-refractivity contribution in [1.82, 2.24) is 4.90 Å². The van der Waals surface area contributed by atoms with Crippen LogP contribution in [0.1, 0.15) is 44.1 Å². The van der Waals surface area contributed by atoms with Gasteiger partial charge in [0.25, 0.3) is 0 Å². The second-order valence-corrected chi connectivity index (χ2v) is 7.04. The number of hydrogen-bond donors (Lipinski definition) is 1. The highest BCUT2D eigenvalue weighted by molar-refractivity contribution is 5.67. The smallest absolute Gasteiger partial charge is 0.410 e. The van der Waals surface area contributed by atoms with Crippen LogP contribution in [-0.2, 0) is 11.3 Å². The van der Waals surface area contributed by atoms with Crippen LogP contribution < -0.4 is 5.73 Å². The first-order valence-electron chi connectivity index (χ1n) is 9.11. The lowest BCUT2D eigenvalue weighted by atomic mass is 9.85. The van der Waals surface area contributed by atoms with E-state index in [0.29, 0.717) is 17.2 Å². The second-order valence-electron chi connectivity index (χ2n) is 7.04. The number of nitrogens with two attached hydrogens (primary N) is 1. The van der Waals surface area contributed by atoms with Gasteiger partial charge in [-0.1, -0.05) is 62.4 Å². The van der Waals surface area contributed by atoms with E-state index in [1.54, 1.807) is 24.3 Å². The minimum absolute atomic E-state index is 0.0636. The van der Waals surface area contributed by atoms with Gasteiger partial charge in [-0.3, -0.25) is 4.90 Å². The summed E-state index contributed by atoms with van der Waals surface area (Å²) in [6, 6.07) is 8.37. The number of carbonyl (C=O) groups is 1. The number of ether oxygens (including phenoxy) is 1. The van der Waals surface area contributed by atoms with Gasteiger partial charge in [-0.25, -0.2) is 4.79 Å². The quantitative estimate of drug-likeness (QED) is 0.767. The molecule has 0 aliphatic heterocycles. The number of carbonyl (C=O) groups excluding carboxylic acids is 1. The third-order valence-electron chi connectivity index (χ3n) is 4.65. The summed E-state index contributed by atoms with van der Waals surface area (Å²) in [6.45, 7) is -1.56. The van der Waals surface area contributed by atoms with Crippen LogP contribution in [0, 0.1) is 5.92 Å². The number of alkyl halides is 3. The molecule has 4 nitrogen and oxygen atoms in total. The summed E-state index contributed by atoms with van der Waals surface area (Å²) in [5.41, 5.74) is 6.77. The Hall–Kier alpha value is -1.76. The SMILES string of the molecule is N[C@@H](CC1CCCCC1)CN(CC(F)(F)F)C(=O)OCc1ccccc1. The molecule has 0 aromatic heterocycles. The summed E-state index contributed by atoms with van der Waals surface area (Å²) in [5, 5.41) is 0. The van der Waals surface area contributed by atoms with Crippen molar-refractivity contribution in [1.29, 1.82) is 0 Å². The first-order valence-corrected chi connectivity index (χ1v) is 9.11. The van der Waals surface area contributed by atoms with Gasteiger partial charge in [0.05, 0.1) is 0 Å². The van der Waals surface area contributed by atoms with Gasteiger partial charge in [0.1, 0.15) is 13.2 Å². The first kappa shape index (κ1) is 20.6. The summed E-state index contributed by atoms with van der Waals surface area (Å²) in [4.78, 5) is 12.8. The van der Waals surface area contributed by atoms with Gasteiger partial charge in [-0.05, 0) is 17.9 Å². The number of benzene rings is 1. The molecule has 1 saturated carbocycles. The van der Waals surface area contributed by atoms with E-state index in [-0.39, 0.29) is 13.2 Å². The summed E-state index contributed by atoms with van der Waals surface area (Å²) in [5.74, 6) is 0.437. The summed E-state index contributed by atoms with van der Waals surface area (Å²) in [7, 11) is 0. The molecule has 1 atom stereocenters. The van der Waals surface area contributed by atoms with Crippen LogP contribution in [0.15, 0.2) is 30.3 Å². The van der Waals surface area contributed by atoms with E-state index < -0.39 is 24.9 Å². The summed E-state index contributed by atoms with van der Waals surface area (Å²) < 4.78 is 43.6.